The number of hydrogen-bond acceptors (Lipinski definition) is 2. The van der Waals surface area contributed by atoms with Crippen molar-refractivity contribution in [3.05, 3.63) is 0 Å². The van der Waals surface area contributed by atoms with Gasteiger partial charge in [-0.25, -0.2) is 0 Å². The van der Waals surface area contributed by atoms with Crippen LogP contribution < -0.4 is 5.32 Å². The number of nitrogens with one attached hydrogen (secondary N) is 1. The third-order valence-electron chi connectivity index (χ3n) is 3.34. The lowest BCUT2D eigenvalue weighted by Crippen LogP contribution is -2.44. The Bertz CT molecular complexity index is 182. The SMILES string of the molecule is CCCNC(COCCC1CC1)C(C)(C)C. The highest BCUT2D eigenvalue weighted by molar-refractivity contribution is 4.80. The Kier molecular flexibility index (Phi) is 5.77. The molecule has 0 aromatic rings. The fourth-order valence-corrected chi connectivity index (χ4v) is 1.79. The van der Waals surface area contributed by atoms with E-state index in [2.05, 4.69) is 33.0 Å². The number of hydrogen-bond donors (Lipinski definition) is 1. The summed E-state index contributed by atoms with van der Waals surface area (Å²) in [6, 6.07) is 0.478. The molecule has 1 rings (SSSR count). The van der Waals surface area contributed by atoms with Gasteiger partial charge < -0.3 is 10.1 Å². The molecular weight excluding hydrogens is 198 g/mol. The maximum atomic E-state index is 5.81. The zero-order chi connectivity index (χ0) is 12.0. The van der Waals surface area contributed by atoms with Gasteiger partial charge in [-0.2, -0.15) is 0 Å². The van der Waals surface area contributed by atoms with Crippen LogP contribution in [0.5, 0.6) is 0 Å². The summed E-state index contributed by atoms with van der Waals surface area (Å²) in [4.78, 5) is 0. The molecule has 1 saturated carbocycles. The second-order valence-corrected chi connectivity index (χ2v) is 6.18. The first-order valence-corrected chi connectivity index (χ1v) is 6.85. The summed E-state index contributed by atoms with van der Waals surface area (Å²) in [5.74, 6) is 0.983. The average molecular weight is 227 g/mol. The molecule has 0 amide bonds. The summed E-state index contributed by atoms with van der Waals surface area (Å²) in [5, 5.41) is 3.59. The molecule has 1 aliphatic carbocycles. The lowest BCUT2D eigenvalue weighted by Gasteiger charge is -2.31. The third kappa shape index (κ3) is 5.86. The fraction of sp³-hybridized carbons (Fsp3) is 1.00. The lowest BCUT2D eigenvalue weighted by molar-refractivity contribution is 0.0720. The van der Waals surface area contributed by atoms with E-state index in [4.69, 9.17) is 4.74 Å². The van der Waals surface area contributed by atoms with Gasteiger partial charge in [-0.05, 0) is 30.7 Å². The largest absolute Gasteiger partial charge is 0.380 e. The van der Waals surface area contributed by atoms with Gasteiger partial charge in [0.15, 0.2) is 0 Å². The number of ether oxygens (including phenoxy) is 1. The molecule has 0 aliphatic heterocycles. The molecule has 1 unspecified atom stereocenters. The number of rotatable bonds is 8. The molecule has 0 aromatic heterocycles. The topological polar surface area (TPSA) is 21.3 Å². The van der Waals surface area contributed by atoms with Crippen LogP contribution in [0, 0.1) is 11.3 Å². The molecule has 1 aliphatic rings. The van der Waals surface area contributed by atoms with Gasteiger partial charge in [-0.1, -0.05) is 40.5 Å². The minimum Gasteiger partial charge on any atom is -0.380 e. The first kappa shape index (κ1) is 14.0. The van der Waals surface area contributed by atoms with Crippen LogP contribution >= 0.6 is 0 Å². The van der Waals surface area contributed by atoms with Gasteiger partial charge in [-0.15, -0.1) is 0 Å². The van der Waals surface area contributed by atoms with E-state index in [0.717, 1.165) is 25.7 Å². The normalized spacial score (nSPS) is 18.8. The Labute approximate surface area is 101 Å². The summed E-state index contributed by atoms with van der Waals surface area (Å²) < 4.78 is 5.81. The molecule has 0 radical (unpaired) electrons. The molecule has 96 valence electrons. The van der Waals surface area contributed by atoms with E-state index in [1.54, 1.807) is 0 Å². The van der Waals surface area contributed by atoms with Gasteiger partial charge >= 0.3 is 0 Å². The summed E-state index contributed by atoms with van der Waals surface area (Å²) in [6.07, 6.45) is 5.32. The maximum Gasteiger partial charge on any atom is 0.0624 e. The summed E-state index contributed by atoms with van der Waals surface area (Å²) in [7, 11) is 0. The van der Waals surface area contributed by atoms with E-state index >= 15 is 0 Å². The summed E-state index contributed by atoms with van der Waals surface area (Å²) in [6.45, 7) is 12.0. The molecule has 2 heteroatoms. The minimum absolute atomic E-state index is 0.286. The van der Waals surface area contributed by atoms with Crippen molar-refractivity contribution in [3.63, 3.8) is 0 Å². The van der Waals surface area contributed by atoms with Crippen molar-refractivity contribution in [2.24, 2.45) is 11.3 Å². The van der Waals surface area contributed by atoms with Crippen molar-refractivity contribution in [2.45, 2.75) is 59.4 Å². The predicted octanol–water partition coefficient (Wildman–Crippen LogP) is 3.22. The smallest absolute Gasteiger partial charge is 0.0624 e. The van der Waals surface area contributed by atoms with E-state index in [1.165, 1.54) is 25.7 Å². The van der Waals surface area contributed by atoms with Crippen LogP contribution in [0.3, 0.4) is 0 Å². The zero-order valence-corrected chi connectivity index (χ0v) is 11.5. The molecule has 1 atom stereocenters. The highest BCUT2D eigenvalue weighted by Gasteiger charge is 2.25. The molecule has 1 N–H and O–H groups in total. The van der Waals surface area contributed by atoms with Crippen molar-refractivity contribution in [1.29, 1.82) is 0 Å². The van der Waals surface area contributed by atoms with Crippen LogP contribution in [0.25, 0.3) is 0 Å². The molecule has 0 aromatic carbocycles. The van der Waals surface area contributed by atoms with Gasteiger partial charge in [0.2, 0.25) is 0 Å². The Morgan fingerprint density at radius 1 is 1.31 bits per heavy atom. The quantitative estimate of drug-likeness (QED) is 0.643. The molecule has 16 heavy (non-hydrogen) atoms. The average Bonchev–Trinajstić information content (AvgIpc) is 2.98. The first-order valence-electron chi connectivity index (χ1n) is 6.85. The van der Waals surface area contributed by atoms with Crippen LogP contribution in [0.4, 0.5) is 0 Å². The molecule has 0 bridgehead atoms. The van der Waals surface area contributed by atoms with Gasteiger partial charge in [-0.3, -0.25) is 0 Å². The zero-order valence-electron chi connectivity index (χ0n) is 11.5. The van der Waals surface area contributed by atoms with Crippen LogP contribution in [-0.4, -0.2) is 25.8 Å². The highest BCUT2D eigenvalue weighted by Crippen LogP contribution is 2.32. The van der Waals surface area contributed by atoms with Crippen molar-refractivity contribution in [2.75, 3.05) is 19.8 Å². The van der Waals surface area contributed by atoms with Crippen LogP contribution in [0.1, 0.15) is 53.4 Å². The Morgan fingerprint density at radius 2 is 2.00 bits per heavy atom. The van der Waals surface area contributed by atoms with Crippen LogP contribution in [-0.2, 0) is 4.74 Å². The van der Waals surface area contributed by atoms with Gasteiger partial charge in [0, 0.05) is 12.6 Å². The molecule has 0 saturated heterocycles. The van der Waals surface area contributed by atoms with Crippen molar-refractivity contribution in [3.8, 4) is 0 Å². The molecule has 0 spiro atoms. The highest BCUT2D eigenvalue weighted by atomic mass is 16.5. The van der Waals surface area contributed by atoms with E-state index < -0.39 is 0 Å². The van der Waals surface area contributed by atoms with Gasteiger partial charge in [0.25, 0.3) is 0 Å². The third-order valence-corrected chi connectivity index (χ3v) is 3.34. The predicted molar refractivity (Wildman–Crippen MR) is 69.7 cm³/mol. The Hall–Kier alpha value is -0.0800. The van der Waals surface area contributed by atoms with Crippen molar-refractivity contribution < 1.29 is 4.74 Å². The van der Waals surface area contributed by atoms with E-state index in [-0.39, 0.29) is 5.41 Å². The van der Waals surface area contributed by atoms with Crippen molar-refractivity contribution in [1.82, 2.24) is 5.32 Å². The van der Waals surface area contributed by atoms with Crippen LogP contribution in [0.2, 0.25) is 0 Å². The second-order valence-electron chi connectivity index (χ2n) is 6.18. The molecule has 1 fully saturated rings. The van der Waals surface area contributed by atoms with Crippen molar-refractivity contribution >= 4 is 0 Å². The molecular formula is C14H29NO. The lowest BCUT2D eigenvalue weighted by atomic mass is 9.87. The van der Waals surface area contributed by atoms with Crippen LogP contribution in [0.15, 0.2) is 0 Å². The molecule has 2 nitrogen and oxygen atoms in total. The fourth-order valence-electron chi connectivity index (χ4n) is 1.79. The Morgan fingerprint density at radius 3 is 2.50 bits per heavy atom. The summed E-state index contributed by atoms with van der Waals surface area (Å²) >= 11 is 0. The Balaban J connectivity index is 2.14. The first-order chi connectivity index (χ1) is 7.54. The van der Waals surface area contributed by atoms with E-state index in [9.17, 15) is 0 Å². The van der Waals surface area contributed by atoms with Gasteiger partial charge in [0.05, 0.1) is 6.61 Å². The summed E-state index contributed by atoms with van der Waals surface area (Å²) in [5.41, 5.74) is 0.286. The molecule has 0 heterocycles. The van der Waals surface area contributed by atoms with Gasteiger partial charge in [0.1, 0.15) is 0 Å². The second kappa shape index (κ2) is 6.61. The monoisotopic (exact) mass is 227 g/mol. The van der Waals surface area contributed by atoms with E-state index in [0.29, 0.717) is 6.04 Å². The minimum atomic E-state index is 0.286. The van der Waals surface area contributed by atoms with E-state index in [1.807, 2.05) is 0 Å². The standard InChI is InChI=1S/C14H29NO/c1-5-9-15-13(14(2,3)4)11-16-10-8-12-6-7-12/h12-13,15H,5-11H2,1-4H3. The maximum absolute atomic E-state index is 5.81.